The van der Waals surface area contributed by atoms with Crippen molar-refractivity contribution in [1.82, 2.24) is 20.4 Å². The van der Waals surface area contributed by atoms with Gasteiger partial charge in [0.05, 0.1) is 18.0 Å². The van der Waals surface area contributed by atoms with Crippen molar-refractivity contribution >= 4 is 5.91 Å². The topological polar surface area (TPSA) is 80.5 Å². The first kappa shape index (κ1) is 19.8. The Morgan fingerprint density at radius 2 is 2.14 bits per heavy atom. The van der Waals surface area contributed by atoms with Gasteiger partial charge in [-0.15, -0.1) is 0 Å². The molecule has 4 rings (SSSR count). The fourth-order valence-corrected chi connectivity index (χ4v) is 3.59. The van der Waals surface area contributed by atoms with E-state index in [-0.39, 0.29) is 23.4 Å². The lowest BCUT2D eigenvalue weighted by molar-refractivity contribution is -0.126. The number of piperidine rings is 1. The van der Waals surface area contributed by atoms with Crippen LogP contribution >= 0.6 is 0 Å². The molecule has 0 radical (unpaired) electrons. The summed E-state index contributed by atoms with van der Waals surface area (Å²) in [6, 6.07) is 6.34. The lowest BCUT2D eigenvalue weighted by Gasteiger charge is -2.30. The Balaban J connectivity index is 1.37. The number of alkyl halides is 2. The van der Waals surface area contributed by atoms with E-state index in [9.17, 15) is 13.6 Å². The van der Waals surface area contributed by atoms with Gasteiger partial charge in [-0.25, -0.2) is 0 Å². The molecule has 1 aromatic carbocycles. The molecule has 2 aromatic rings. The summed E-state index contributed by atoms with van der Waals surface area (Å²) in [7, 11) is 0. The maximum atomic E-state index is 12.6. The molecule has 9 heteroatoms. The quantitative estimate of drug-likeness (QED) is 0.726. The Kier molecular flexibility index (Phi) is 6.03. The fourth-order valence-electron chi connectivity index (χ4n) is 3.59. The number of halogens is 2. The molecule has 29 heavy (non-hydrogen) atoms. The number of amides is 1. The molecule has 1 atom stereocenters. The van der Waals surface area contributed by atoms with E-state index in [2.05, 4.69) is 25.1 Å². The van der Waals surface area contributed by atoms with Gasteiger partial charge in [0.25, 0.3) is 0 Å². The number of carbonyl (C=O) groups excluding carboxylic acids is 1. The Morgan fingerprint density at radius 3 is 2.93 bits per heavy atom. The number of nitrogens with zero attached hydrogens (tertiary/aromatic N) is 3. The number of carbonyl (C=O) groups is 1. The van der Waals surface area contributed by atoms with Crippen LogP contribution in [0.5, 0.6) is 5.75 Å². The number of rotatable bonds is 8. The summed E-state index contributed by atoms with van der Waals surface area (Å²) in [6.07, 6.45) is 4.22. The van der Waals surface area contributed by atoms with Crippen LogP contribution in [-0.4, -0.2) is 47.2 Å². The second-order valence-corrected chi connectivity index (χ2v) is 7.65. The molecular formula is C20H24F2N4O3. The van der Waals surface area contributed by atoms with Gasteiger partial charge >= 0.3 is 6.61 Å². The molecule has 1 saturated carbocycles. The van der Waals surface area contributed by atoms with Gasteiger partial charge < -0.3 is 14.6 Å². The van der Waals surface area contributed by atoms with Crippen molar-refractivity contribution in [2.24, 2.45) is 11.8 Å². The number of aromatic nitrogens is 2. The van der Waals surface area contributed by atoms with Crippen LogP contribution in [0, 0.1) is 11.8 Å². The predicted octanol–water partition coefficient (Wildman–Crippen LogP) is 3.08. The lowest BCUT2D eigenvalue weighted by atomic mass is 9.97. The van der Waals surface area contributed by atoms with Crippen LogP contribution in [0.3, 0.4) is 0 Å². The number of hydrogen-bond acceptors (Lipinski definition) is 6. The molecule has 1 N–H and O–H groups in total. The molecule has 7 nitrogen and oxygen atoms in total. The average Bonchev–Trinajstić information content (AvgIpc) is 3.43. The van der Waals surface area contributed by atoms with Gasteiger partial charge in [-0.05, 0) is 50.3 Å². The van der Waals surface area contributed by atoms with Gasteiger partial charge in [-0.2, -0.15) is 13.8 Å². The molecule has 1 aromatic heterocycles. The monoisotopic (exact) mass is 406 g/mol. The fraction of sp³-hybridized carbons (Fsp3) is 0.550. The van der Waals surface area contributed by atoms with E-state index in [0.29, 0.717) is 30.5 Å². The van der Waals surface area contributed by atoms with Gasteiger partial charge in [-0.1, -0.05) is 17.3 Å². The average molecular weight is 406 g/mol. The SMILES string of the molecule is O=C(NCC1CC1)C1CCCN(Cc2nc(-c3ccccc3OC(F)F)no2)C1. The van der Waals surface area contributed by atoms with Crippen LogP contribution in [0.15, 0.2) is 28.8 Å². The first-order valence-corrected chi connectivity index (χ1v) is 9.95. The summed E-state index contributed by atoms with van der Waals surface area (Å²) in [6.45, 7) is -0.257. The maximum Gasteiger partial charge on any atom is 0.387 e. The minimum Gasteiger partial charge on any atom is -0.434 e. The van der Waals surface area contributed by atoms with Crippen LogP contribution in [0.1, 0.15) is 31.6 Å². The highest BCUT2D eigenvalue weighted by molar-refractivity contribution is 5.79. The van der Waals surface area contributed by atoms with E-state index < -0.39 is 6.61 Å². The predicted molar refractivity (Wildman–Crippen MR) is 100 cm³/mol. The second-order valence-electron chi connectivity index (χ2n) is 7.65. The normalized spacial score (nSPS) is 20.0. The summed E-state index contributed by atoms with van der Waals surface area (Å²) in [5, 5.41) is 6.97. The molecule has 0 spiro atoms. The largest absolute Gasteiger partial charge is 0.434 e. The number of para-hydroxylation sites is 1. The van der Waals surface area contributed by atoms with E-state index >= 15 is 0 Å². The van der Waals surface area contributed by atoms with E-state index in [1.807, 2.05) is 0 Å². The zero-order valence-corrected chi connectivity index (χ0v) is 16.0. The summed E-state index contributed by atoms with van der Waals surface area (Å²) < 4.78 is 35.1. The number of benzene rings is 1. The van der Waals surface area contributed by atoms with E-state index in [1.165, 1.54) is 18.9 Å². The van der Waals surface area contributed by atoms with Gasteiger partial charge in [0.1, 0.15) is 5.75 Å². The van der Waals surface area contributed by atoms with Crippen molar-refractivity contribution in [2.45, 2.75) is 38.8 Å². The third kappa shape index (κ3) is 5.29. The molecule has 2 aliphatic rings. The van der Waals surface area contributed by atoms with Gasteiger partial charge in [0, 0.05) is 13.1 Å². The highest BCUT2D eigenvalue weighted by Gasteiger charge is 2.29. The van der Waals surface area contributed by atoms with Crippen molar-refractivity contribution < 1.29 is 22.8 Å². The van der Waals surface area contributed by atoms with Crippen molar-refractivity contribution in [3.63, 3.8) is 0 Å². The molecule has 2 fully saturated rings. The molecule has 1 amide bonds. The molecule has 0 bridgehead atoms. The number of hydrogen-bond donors (Lipinski definition) is 1. The van der Waals surface area contributed by atoms with Crippen molar-refractivity contribution in [3.05, 3.63) is 30.2 Å². The molecule has 1 saturated heterocycles. The van der Waals surface area contributed by atoms with E-state index in [4.69, 9.17) is 4.52 Å². The van der Waals surface area contributed by atoms with Gasteiger partial charge in [-0.3, -0.25) is 9.69 Å². The smallest absolute Gasteiger partial charge is 0.387 e. The zero-order chi connectivity index (χ0) is 20.2. The van der Waals surface area contributed by atoms with Crippen molar-refractivity contribution in [2.75, 3.05) is 19.6 Å². The summed E-state index contributed by atoms with van der Waals surface area (Å²) in [5.41, 5.74) is 0.346. The number of likely N-dealkylation sites (tertiary alicyclic amines) is 1. The van der Waals surface area contributed by atoms with Crippen LogP contribution < -0.4 is 10.1 Å². The van der Waals surface area contributed by atoms with Crippen molar-refractivity contribution in [1.29, 1.82) is 0 Å². The summed E-state index contributed by atoms with van der Waals surface area (Å²) >= 11 is 0. The lowest BCUT2D eigenvalue weighted by Crippen LogP contribution is -2.43. The third-order valence-corrected chi connectivity index (χ3v) is 5.31. The van der Waals surface area contributed by atoms with E-state index in [0.717, 1.165) is 25.9 Å². The second kappa shape index (κ2) is 8.86. The molecular weight excluding hydrogens is 382 g/mol. The Hall–Kier alpha value is -2.55. The highest BCUT2D eigenvalue weighted by Crippen LogP contribution is 2.30. The maximum absolute atomic E-state index is 12.6. The summed E-state index contributed by atoms with van der Waals surface area (Å²) in [5.74, 6) is 1.32. The van der Waals surface area contributed by atoms with Crippen LogP contribution in [0.4, 0.5) is 8.78 Å². The highest BCUT2D eigenvalue weighted by atomic mass is 19.3. The standard InChI is InChI=1S/C20H24F2N4O3/c21-20(22)28-16-6-2-1-5-15(16)18-24-17(29-25-18)12-26-9-3-4-14(11-26)19(27)23-10-13-7-8-13/h1-2,5-6,13-14,20H,3-4,7-12H2,(H,23,27). The minimum absolute atomic E-state index is 0.000204. The summed E-state index contributed by atoms with van der Waals surface area (Å²) in [4.78, 5) is 18.8. The zero-order valence-electron chi connectivity index (χ0n) is 16.0. The van der Waals surface area contributed by atoms with Gasteiger partial charge in [0.2, 0.25) is 17.6 Å². The van der Waals surface area contributed by atoms with Crippen LogP contribution in [-0.2, 0) is 11.3 Å². The molecule has 156 valence electrons. The van der Waals surface area contributed by atoms with Crippen LogP contribution in [0.25, 0.3) is 11.4 Å². The first-order chi connectivity index (χ1) is 14.1. The van der Waals surface area contributed by atoms with E-state index in [1.54, 1.807) is 18.2 Å². The van der Waals surface area contributed by atoms with Gasteiger partial charge in [0.15, 0.2) is 0 Å². The molecule has 1 aliphatic carbocycles. The molecule has 1 unspecified atom stereocenters. The number of nitrogens with one attached hydrogen (secondary N) is 1. The van der Waals surface area contributed by atoms with Crippen molar-refractivity contribution in [3.8, 4) is 17.1 Å². The number of ether oxygens (including phenoxy) is 1. The molecule has 2 heterocycles. The third-order valence-electron chi connectivity index (χ3n) is 5.31. The minimum atomic E-state index is -2.93. The Bertz CT molecular complexity index is 841. The molecule has 1 aliphatic heterocycles. The Morgan fingerprint density at radius 1 is 1.31 bits per heavy atom. The van der Waals surface area contributed by atoms with Crippen LogP contribution in [0.2, 0.25) is 0 Å². The Labute approximate surface area is 167 Å². The first-order valence-electron chi connectivity index (χ1n) is 9.95.